The molecule has 23 heavy (non-hydrogen) atoms. The number of alkyl halides is 3. The molecule has 2 aliphatic rings. The van der Waals surface area contributed by atoms with E-state index in [-0.39, 0.29) is 17.5 Å². The van der Waals surface area contributed by atoms with Crippen molar-refractivity contribution in [1.82, 2.24) is 10.2 Å². The lowest BCUT2D eigenvalue weighted by atomic mass is 9.97. The summed E-state index contributed by atoms with van der Waals surface area (Å²) >= 11 is 0. The summed E-state index contributed by atoms with van der Waals surface area (Å²) in [6.45, 7) is 3.34. The molecule has 0 unspecified atom stereocenters. The van der Waals surface area contributed by atoms with Gasteiger partial charge in [-0.2, -0.15) is 0 Å². The number of nitrogens with zero attached hydrogens (tertiary/aromatic N) is 1. The Balaban J connectivity index is 1.85. The van der Waals surface area contributed by atoms with Gasteiger partial charge >= 0.3 is 6.36 Å². The van der Waals surface area contributed by atoms with Crippen molar-refractivity contribution in [3.8, 4) is 11.5 Å². The standard InChI is InChI=1S/C16H21F3N2O2/c17-16(18,19)23-12-3-4-15(22)13(10-12)14(9-11-1-2-11)21-7-5-20-6-8-21/h3-4,10-11,14,20,22H,1-2,5-9H2/t14-/m1/s1. The van der Waals surface area contributed by atoms with Crippen LogP contribution in [0.25, 0.3) is 0 Å². The summed E-state index contributed by atoms with van der Waals surface area (Å²) in [5.41, 5.74) is 0.528. The third kappa shape index (κ3) is 4.51. The predicted molar refractivity (Wildman–Crippen MR) is 79.3 cm³/mol. The molecule has 1 atom stereocenters. The van der Waals surface area contributed by atoms with Gasteiger partial charge in [0, 0.05) is 37.8 Å². The molecule has 3 rings (SSSR count). The van der Waals surface area contributed by atoms with Crippen LogP contribution in [-0.4, -0.2) is 42.5 Å². The van der Waals surface area contributed by atoms with Gasteiger partial charge in [0.05, 0.1) is 0 Å². The summed E-state index contributed by atoms with van der Waals surface area (Å²) in [6.07, 6.45) is -1.55. The molecule has 1 aliphatic carbocycles. The first-order valence-corrected chi connectivity index (χ1v) is 7.96. The lowest BCUT2D eigenvalue weighted by Crippen LogP contribution is -2.45. The Morgan fingerprint density at radius 3 is 2.57 bits per heavy atom. The van der Waals surface area contributed by atoms with Crippen LogP contribution in [0.15, 0.2) is 18.2 Å². The fourth-order valence-corrected chi connectivity index (χ4v) is 3.13. The number of halogens is 3. The third-order valence-corrected chi connectivity index (χ3v) is 4.44. The maximum absolute atomic E-state index is 12.4. The van der Waals surface area contributed by atoms with Gasteiger partial charge in [-0.05, 0) is 30.5 Å². The van der Waals surface area contributed by atoms with E-state index < -0.39 is 6.36 Å². The van der Waals surface area contributed by atoms with Crippen LogP contribution in [0, 0.1) is 5.92 Å². The zero-order chi connectivity index (χ0) is 16.4. The van der Waals surface area contributed by atoms with E-state index in [1.54, 1.807) is 0 Å². The smallest absolute Gasteiger partial charge is 0.508 e. The molecule has 4 nitrogen and oxygen atoms in total. The Bertz CT molecular complexity index is 541. The summed E-state index contributed by atoms with van der Waals surface area (Å²) in [6, 6.07) is 3.70. The number of nitrogens with one attached hydrogen (secondary N) is 1. The quantitative estimate of drug-likeness (QED) is 0.871. The minimum absolute atomic E-state index is 0.0312. The second kappa shape index (κ2) is 6.57. The lowest BCUT2D eigenvalue weighted by molar-refractivity contribution is -0.274. The molecule has 1 aliphatic heterocycles. The van der Waals surface area contributed by atoms with E-state index in [0.717, 1.165) is 51.5 Å². The molecule has 1 aromatic rings. The first kappa shape index (κ1) is 16.4. The van der Waals surface area contributed by atoms with Gasteiger partial charge in [-0.25, -0.2) is 0 Å². The van der Waals surface area contributed by atoms with Gasteiger partial charge in [0.25, 0.3) is 0 Å². The maximum Gasteiger partial charge on any atom is 0.573 e. The highest BCUT2D eigenvalue weighted by Gasteiger charge is 2.34. The second-order valence-electron chi connectivity index (χ2n) is 6.25. The molecule has 7 heteroatoms. The molecule has 0 radical (unpaired) electrons. The first-order chi connectivity index (χ1) is 10.9. The van der Waals surface area contributed by atoms with Gasteiger partial charge in [0.1, 0.15) is 11.5 Å². The van der Waals surface area contributed by atoms with Crippen LogP contribution in [0.4, 0.5) is 13.2 Å². The summed E-state index contributed by atoms with van der Waals surface area (Å²) in [4.78, 5) is 2.24. The lowest BCUT2D eigenvalue weighted by Gasteiger charge is -2.35. The Morgan fingerprint density at radius 1 is 1.26 bits per heavy atom. The number of hydrogen-bond donors (Lipinski definition) is 2. The van der Waals surface area contributed by atoms with E-state index in [1.165, 1.54) is 12.1 Å². The molecule has 2 fully saturated rings. The average molecular weight is 330 g/mol. The van der Waals surface area contributed by atoms with Crippen molar-refractivity contribution in [2.75, 3.05) is 26.2 Å². The van der Waals surface area contributed by atoms with Gasteiger partial charge in [-0.3, -0.25) is 4.90 Å². The fraction of sp³-hybridized carbons (Fsp3) is 0.625. The zero-order valence-electron chi connectivity index (χ0n) is 12.8. The number of benzene rings is 1. The molecular formula is C16H21F3N2O2. The number of piperazine rings is 1. The normalized spacial score (nSPS) is 21.2. The number of ether oxygens (including phenoxy) is 1. The van der Waals surface area contributed by atoms with Gasteiger partial charge in [0.15, 0.2) is 0 Å². The third-order valence-electron chi connectivity index (χ3n) is 4.44. The van der Waals surface area contributed by atoms with Crippen molar-refractivity contribution in [1.29, 1.82) is 0 Å². The Kier molecular flexibility index (Phi) is 4.68. The van der Waals surface area contributed by atoms with E-state index in [4.69, 9.17) is 0 Å². The molecule has 0 aromatic heterocycles. The number of aromatic hydroxyl groups is 1. The van der Waals surface area contributed by atoms with Crippen LogP contribution in [-0.2, 0) is 0 Å². The zero-order valence-corrected chi connectivity index (χ0v) is 12.8. The number of phenols is 1. The topological polar surface area (TPSA) is 44.7 Å². The Hall–Kier alpha value is -1.47. The number of rotatable bonds is 5. The molecule has 1 saturated carbocycles. The molecular weight excluding hydrogens is 309 g/mol. The molecule has 1 aromatic carbocycles. The number of hydrogen-bond acceptors (Lipinski definition) is 4. The van der Waals surface area contributed by atoms with Crippen LogP contribution >= 0.6 is 0 Å². The van der Waals surface area contributed by atoms with E-state index in [0.29, 0.717) is 11.5 Å². The largest absolute Gasteiger partial charge is 0.573 e. The van der Waals surface area contributed by atoms with Crippen molar-refractivity contribution in [2.24, 2.45) is 5.92 Å². The Morgan fingerprint density at radius 2 is 1.96 bits per heavy atom. The molecule has 0 bridgehead atoms. The van der Waals surface area contributed by atoms with Gasteiger partial charge in [-0.1, -0.05) is 12.8 Å². The molecule has 2 N–H and O–H groups in total. The fourth-order valence-electron chi connectivity index (χ4n) is 3.13. The summed E-state index contributed by atoms with van der Waals surface area (Å²) < 4.78 is 41.4. The second-order valence-corrected chi connectivity index (χ2v) is 6.25. The minimum Gasteiger partial charge on any atom is -0.508 e. The van der Waals surface area contributed by atoms with E-state index >= 15 is 0 Å². The van der Waals surface area contributed by atoms with Crippen LogP contribution in [0.5, 0.6) is 11.5 Å². The molecule has 0 spiro atoms. The van der Waals surface area contributed by atoms with Crippen molar-refractivity contribution < 1.29 is 23.0 Å². The van der Waals surface area contributed by atoms with Gasteiger partial charge < -0.3 is 15.2 Å². The maximum atomic E-state index is 12.4. The monoisotopic (exact) mass is 330 g/mol. The highest BCUT2D eigenvalue weighted by Crippen LogP contribution is 2.43. The van der Waals surface area contributed by atoms with Crippen LogP contribution < -0.4 is 10.1 Å². The van der Waals surface area contributed by atoms with Crippen LogP contribution in [0.1, 0.15) is 30.9 Å². The molecule has 0 amide bonds. The van der Waals surface area contributed by atoms with E-state index in [9.17, 15) is 18.3 Å². The van der Waals surface area contributed by atoms with E-state index in [1.807, 2.05) is 0 Å². The molecule has 128 valence electrons. The van der Waals surface area contributed by atoms with Crippen molar-refractivity contribution in [3.63, 3.8) is 0 Å². The number of phenolic OH excluding ortho intramolecular Hbond substituents is 1. The molecule has 1 saturated heterocycles. The summed E-state index contributed by atoms with van der Waals surface area (Å²) in [7, 11) is 0. The predicted octanol–water partition coefficient (Wildman–Crippen LogP) is 3.04. The highest BCUT2D eigenvalue weighted by molar-refractivity contribution is 5.41. The first-order valence-electron chi connectivity index (χ1n) is 7.96. The SMILES string of the molecule is Oc1ccc(OC(F)(F)F)cc1[C@@H](CC1CC1)N1CCNCC1. The minimum atomic E-state index is -4.73. The van der Waals surface area contributed by atoms with Crippen LogP contribution in [0.3, 0.4) is 0 Å². The summed E-state index contributed by atoms with van der Waals surface area (Å²) in [5, 5.41) is 13.5. The van der Waals surface area contributed by atoms with E-state index in [2.05, 4.69) is 15.0 Å². The Labute approximate surface area is 133 Å². The molecule has 1 heterocycles. The average Bonchev–Trinajstić information content (AvgIpc) is 3.31. The highest BCUT2D eigenvalue weighted by atomic mass is 19.4. The van der Waals surface area contributed by atoms with Crippen LogP contribution in [0.2, 0.25) is 0 Å². The van der Waals surface area contributed by atoms with Crippen molar-refractivity contribution >= 4 is 0 Å². The van der Waals surface area contributed by atoms with Gasteiger partial charge in [0.2, 0.25) is 0 Å². The van der Waals surface area contributed by atoms with Crippen molar-refractivity contribution in [2.45, 2.75) is 31.7 Å². The summed E-state index contributed by atoms with van der Waals surface area (Å²) in [5.74, 6) is 0.353. The van der Waals surface area contributed by atoms with Gasteiger partial charge in [-0.15, -0.1) is 13.2 Å². The van der Waals surface area contributed by atoms with Crippen molar-refractivity contribution in [3.05, 3.63) is 23.8 Å².